The normalized spacial score (nSPS) is 14.6. The molecule has 3 N–H and O–H groups in total. The number of carbonyl (C=O) groups excluding carboxylic acids is 1. The van der Waals surface area contributed by atoms with E-state index in [1.54, 1.807) is 6.08 Å². The van der Waals surface area contributed by atoms with Gasteiger partial charge >= 0.3 is 0 Å². The van der Waals surface area contributed by atoms with Gasteiger partial charge in [0.1, 0.15) is 6.79 Å². The fraction of sp³-hybridized carbons (Fsp3) is 0.571. The molecule has 2 unspecified atom stereocenters. The molecule has 1 aliphatic rings. The lowest BCUT2D eigenvalue weighted by atomic mass is 10.0. The Morgan fingerprint density at radius 1 is 1.16 bits per heavy atom. The predicted octanol–water partition coefficient (Wildman–Crippen LogP) is 4.53. The summed E-state index contributed by atoms with van der Waals surface area (Å²) in [6.07, 6.45) is 4.71. The Morgan fingerprint density at radius 3 is 1.96 bits per heavy atom. The highest BCUT2D eigenvalue weighted by Gasteiger charge is 2.18. The van der Waals surface area contributed by atoms with Crippen molar-refractivity contribution < 1.29 is 15.0 Å². The number of nitrogens with one attached hydrogen (secondary N) is 1. The lowest BCUT2D eigenvalue weighted by Crippen LogP contribution is -2.23. The second kappa shape index (κ2) is 30.4. The molecule has 148 valence electrons. The largest absolute Gasteiger partial charge is 0.400 e. The van der Waals surface area contributed by atoms with Gasteiger partial charge in [-0.15, -0.1) is 6.58 Å². The highest BCUT2D eigenvalue weighted by molar-refractivity contribution is 5.17. The van der Waals surface area contributed by atoms with E-state index in [2.05, 4.69) is 11.9 Å². The van der Waals surface area contributed by atoms with E-state index in [9.17, 15) is 5.11 Å². The Balaban J connectivity index is -0.000000171. The number of rotatable bonds is 3. The van der Waals surface area contributed by atoms with Gasteiger partial charge in [-0.2, -0.15) is 0 Å². The van der Waals surface area contributed by atoms with Crippen LogP contribution in [0.5, 0.6) is 0 Å². The lowest BCUT2D eigenvalue weighted by Gasteiger charge is -2.15. The zero-order valence-corrected chi connectivity index (χ0v) is 17.2. The van der Waals surface area contributed by atoms with E-state index in [1.807, 2.05) is 71.7 Å². The molecule has 0 aliphatic carbocycles. The Morgan fingerprint density at radius 2 is 1.60 bits per heavy atom. The lowest BCUT2D eigenvalue weighted by molar-refractivity contribution is -0.0979. The van der Waals surface area contributed by atoms with Gasteiger partial charge in [0.25, 0.3) is 0 Å². The number of aliphatic hydroxyl groups is 2. The van der Waals surface area contributed by atoms with Crippen molar-refractivity contribution in [3.05, 3.63) is 48.6 Å². The quantitative estimate of drug-likeness (QED) is 0.697. The molecule has 4 heteroatoms. The minimum absolute atomic E-state index is 0.313. The van der Waals surface area contributed by atoms with E-state index >= 15 is 0 Å². The first-order valence-electron chi connectivity index (χ1n) is 9.05. The van der Waals surface area contributed by atoms with Crippen LogP contribution in [0.4, 0.5) is 0 Å². The van der Waals surface area contributed by atoms with E-state index in [4.69, 9.17) is 9.90 Å². The van der Waals surface area contributed by atoms with E-state index < -0.39 is 0 Å². The van der Waals surface area contributed by atoms with Gasteiger partial charge in [0.15, 0.2) is 0 Å². The van der Waals surface area contributed by atoms with Gasteiger partial charge in [0, 0.05) is 13.2 Å². The number of allylic oxidation sites excluding steroid dienone is 1. The fourth-order valence-corrected chi connectivity index (χ4v) is 2.04. The summed E-state index contributed by atoms with van der Waals surface area (Å²) in [7, 11) is 1.00. The molecule has 2 rings (SSSR count). The van der Waals surface area contributed by atoms with Crippen LogP contribution in [-0.4, -0.2) is 36.7 Å². The summed E-state index contributed by atoms with van der Waals surface area (Å²) >= 11 is 0. The van der Waals surface area contributed by atoms with Gasteiger partial charge in [-0.1, -0.05) is 64.1 Å². The predicted molar refractivity (Wildman–Crippen MR) is 111 cm³/mol. The molecule has 0 bridgehead atoms. The molecule has 2 atom stereocenters. The van der Waals surface area contributed by atoms with Crippen molar-refractivity contribution in [3.63, 3.8) is 0 Å². The minimum Gasteiger partial charge on any atom is -0.400 e. The number of hydrogen-bond donors (Lipinski definition) is 3. The first kappa shape index (κ1) is 31.3. The third-order valence-corrected chi connectivity index (χ3v) is 2.85. The monoisotopic (exact) mass is 355 g/mol. The Kier molecular flexibility index (Phi) is 38.1. The molecule has 0 radical (unpaired) electrons. The Labute approximate surface area is 156 Å². The molecule has 4 nitrogen and oxygen atoms in total. The van der Waals surface area contributed by atoms with Crippen LogP contribution in [-0.2, 0) is 4.79 Å². The van der Waals surface area contributed by atoms with Crippen LogP contribution in [0.25, 0.3) is 0 Å². The fourth-order valence-electron chi connectivity index (χ4n) is 2.04. The highest BCUT2D eigenvalue weighted by Crippen LogP contribution is 2.21. The van der Waals surface area contributed by atoms with Crippen molar-refractivity contribution >= 4 is 6.79 Å². The Bertz CT molecular complexity index is 325. The summed E-state index contributed by atoms with van der Waals surface area (Å²) in [5.74, 6) is 0. The highest BCUT2D eigenvalue weighted by atomic mass is 16.3. The van der Waals surface area contributed by atoms with Crippen LogP contribution in [0.15, 0.2) is 43.0 Å². The smallest absolute Gasteiger partial charge is 0.106 e. The first-order chi connectivity index (χ1) is 12.3. The number of benzene rings is 1. The Hall–Kier alpha value is -1.49. The average molecular weight is 356 g/mol. The molecule has 1 aromatic rings. The molecule has 1 aromatic carbocycles. The van der Waals surface area contributed by atoms with Crippen molar-refractivity contribution in [2.75, 3.05) is 13.7 Å². The summed E-state index contributed by atoms with van der Waals surface area (Å²) in [4.78, 5) is 8.00. The molecule has 1 heterocycles. The zero-order valence-electron chi connectivity index (χ0n) is 17.2. The first-order valence-corrected chi connectivity index (χ1v) is 9.05. The maximum Gasteiger partial charge on any atom is 0.106 e. The van der Waals surface area contributed by atoms with Crippen LogP contribution < -0.4 is 5.32 Å². The van der Waals surface area contributed by atoms with Crippen molar-refractivity contribution in [1.29, 1.82) is 0 Å². The van der Waals surface area contributed by atoms with Gasteiger partial charge in [-0.05, 0) is 38.3 Å². The molecule has 1 aliphatic heterocycles. The van der Waals surface area contributed by atoms with Crippen LogP contribution in [0.3, 0.4) is 0 Å². The zero-order chi connectivity index (χ0) is 20.5. The molecule has 0 spiro atoms. The minimum atomic E-state index is -0.313. The molecule has 0 amide bonds. The number of carbonyl (C=O) groups is 1. The van der Waals surface area contributed by atoms with E-state index in [1.165, 1.54) is 12.8 Å². The van der Waals surface area contributed by atoms with Gasteiger partial charge in [0.2, 0.25) is 0 Å². The summed E-state index contributed by atoms with van der Waals surface area (Å²) < 4.78 is 0. The summed E-state index contributed by atoms with van der Waals surface area (Å²) in [6.45, 7) is 16.4. The van der Waals surface area contributed by atoms with E-state index in [0.717, 1.165) is 25.6 Å². The van der Waals surface area contributed by atoms with Crippen LogP contribution in [0.1, 0.15) is 65.5 Å². The second-order valence-electron chi connectivity index (χ2n) is 4.36. The standard InChI is InChI=1S/C12H17NO.C3H6.2C2H6.CH4O.CH2O/c14-12(9-11-7-4-8-13-11)10-5-2-1-3-6-10;1-3-2;4*1-2/h1-3,5-6,11-14H,4,7-9H2;3H,1H2,2H3;2*1-2H3;2H,1H3;1H2. The molecule has 0 aromatic heterocycles. The average Bonchev–Trinajstić information content (AvgIpc) is 3.22. The SMILES string of the molecule is C=CC.C=O.CC.CC.CO.OC(CC1CCCN1)c1ccccc1. The molecular weight excluding hydrogens is 314 g/mol. The maximum absolute atomic E-state index is 9.94. The number of aliphatic hydroxyl groups excluding tert-OH is 2. The van der Waals surface area contributed by atoms with Crippen molar-refractivity contribution in [3.8, 4) is 0 Å². The topological polar surface area (TPSA) is 69.6 Å². The van der Waals surface area contributed by atoms with Crippen molar-refractivity contribution in [2.24, 2.45) is 0 Å². The van der Waals surface area contributed by atoms with E-state index in [0.29, 0.717) is 6.04 Å². The van der Waals surface area contributed by atoms with Gasteiger partial charge in [-0.25, -0.2) is 0 Å². The van der Waals surface area contributed by atoms with Gasteiger partial charge in [-0.3, -0.25) is 0 Å². The molecular formula is C21H41NO3. The van der Waals surface area contributed by atoms with Crippen molar-refractivity contribution in [1.82, 2.24) is 5.32 Å². The molecule has 1 saturated heterocycles. The summed E-state index contributed by atoms with van der Waals surface area (Å²) in [5, 5.41) is 20.3. The maximum atomic E-state index is 9.94. The molecule has 0 saturated carbocycles. The van der Waals surface area contributed by atoms with Crippen molar-refractivity contribution in [2.45, 2.75) is 66.0 Å². The molecule has 1 fully saturated rings. The summed E-state index contributed by atoms with van der Waals surface area (Å²) in [6, 6.07) is 10.4. The van der Waals surface area contributed by atoms with E-state index in [-0.39, 0.29) is 6.10 Å². The van der Waals surface area contributed by atoms with Gasteiger partial charge < -0.3 is 20.3 Å². The second-order valence-corrected chi connectivity index (χ2v) is 4.36. The van der Waals surface area contributed by atoms with Crippen LogP contribution >= 0.6 is 0 Å². The van der Waals surface area contributed by atoms with Gasteiger partial charge in [0.05, 0.1) is 6.10 Å². The van der Waals surface area contributed by atoms with Crippen LogP contribution in [0, 0.1) is 0 Å². The molecule has 25 heavy (non-hydrogen) atoms. The third kappa shape index (κ3) is 20.5. The summed E-state index contributed by atoms with van der Waals surface area (Å²) in [5.41, 5.74) is 1.03. The third-order valence-electron chi connectivity index (χ3n) is 2.85. The van der Waals surface area contributed by atoms with Crippen LogP contribution in [0.2, 0.25) is 0 Å². The number of hydrogen-bond acceptors (Lipinski definition) is 4.